The molecule has 1 aliphatic rings. The van der Waals surface area contributed by atoms with Crippen molar-refractivity contribution >= 4 is 16.8 Å². The number of hydrogen-bond donors (Lipinski definition) is 2. The predicted octanol–water partition coefficient (Wildman–Crippen LogP) is 1.70. The summed E-state index contributed by atoms with van der Waals surface area (Å²) < 4.78 is 5.01. The molecule has 5 nitrogen and oxygen atoms in total. The summed E-state index contributed by atoms with van der Waals surface area (Å²) in [7, 11) is 2.08. The highest BCUT2D eigenvalue weighted by Gasteiger charge is 2.15. The molecule has 1 saturated heterocycles. The van der Waals surface area contributed by atoms with Crippen molar-refractivity contribution in [2.24, 2.45) is 0 Å². The summed E-state index contributed by atoms with van der Waals surface area (Å²) in [5.41, 5.74) is 2.46. The van der Waals surface area contributed by atoms with Crippen molar-refractivity contribution in [1.29, 1.82) is 0 Å². The molecule has 1 aromatic carbocycles. The van der Waals surface area contributed by atoms with Crippen LogP contribution in [0.15, 0.2) is 27.4 Å². The first kappa shape index (κ1) is 12.3. The summed E-state index contributed by atoms with van der Waals surface area (Å²) in [6, 6.07) is 6.34. The topological polar surface area (TPSA) is 61.3 Å². The number of nitrogens with zero attached hydrogens (tertiary/aromatic N) is 1. The highest BCUT2D eigenvalue weighted by Crippen LogP contribution is 2.20. The van der Waals surface area contributed by atoms with Gasteiger partial charge in [0, 0.05) is 25.3 Å². The van der Waals surface area contributed by atoms with E-state index in [2.05, 4.69) is 22.2 Å². The second kappa shape index (κ2) is 5.09. The van der Waals surface area contributed by atoms with Gasteiger partial charge in [-0.3, -0.25) is 4.98 Å². The van der Waals surface area contributed by atoms with Gasteiger partial charge >= 0.3 is 5.76 Å². The minimum absolute atomic E-state index is 0.399. The Kier molecular flexibility index (Phi) is 3.29. The maximum atomic E-state index is 11.1. The van der Waals surface area contributed by atoms with E-state index in [1.54, 1.807) is 0 Å². The molecule has 19 heavy (non-hydrogen) atoms. The van der Waals surface area contributed by atoms with Crippen LogP contribution in [-0.2, 0) is 0 Å². The van der Waals surface area contributed by atoms with Crippen molar-refractivity contribution in [3.05, 3.63) is 28.7 Å². The zero-order chi connectivity index (χ0) is 13.2. The van der Waals surface area contributed by atoms with Crippen molar-refractivity contribution in [1.82, 2.24) is 10.3 Å². The Bertz CT molecular complexity index is 610. The fraction of sp³-hybridized carbons (Fsp3) is 0.500. The van der Waals surface area contributed by atoms with Crippen LogP contribution in [0.5, 0.6) is 0 Å². The minimum atomic E-state index is -0.399. The van der Waals surface area contributed by atoms with Crippen LogP contribution in [0.3, 0.4) is 0 Å². The zero-order valence-corrected chi connectivity index (χ0v) is 11.1. The Hall–Kier alpha value is -1.75. The number of anilines is 1. The molecule has 1 atom stereocenters. The molecule has 1 fully saturated rings. The van der Waals surface area contributed by atoms with E-state index in [9.17, 15) is 4.79 Å². The summed E-state index contributed by atoms with van der Waals surface area (Å²) >= 11 is 0. The van der Waals surface area contributed by atoms with E-state index in [1.165, 1.54) is 19.3 Å². The lowest BCUT2D eigenvalue weighted by molar-refractivity contribution is 0.403. The van der Waals surface area contributed by atoms with E-state index >= 15 is 0 Å². The summed E-state index contributed by atoms with van der Waals surface area (Å²) in [5.74, 6) is -0.399. The molecule has 0 radical (unpaired) electrons. The van der Waals surface area contributed by atoms with Crippen LogP contribution in [0.4, 0.5) is 5.69 Å². The van der Waals surface area contributed by atoms with Crippen LogP contribution in [0.1, 0.15) is 19.3 Å². The van der Waals surface area contributed by atoms with Gasteiger partial charge in [0.1, 0.15) is 0 Å². The van der Waals surface area contributed by atoms with Crippen LogP contribution in [0.2, 0.25) is 0 Å². The van der Waals surface area contributed by atoms with Crippen LogP contribution in [-0.4, -0.2) is 31.2 Å². The van der Waals surface area contributed by atoms with Gasteiger partial charge in [-0.2, -0.15) is 0 Å². The van der Waals surface area contributed by atoms with Crippen LogP contribution in [0, 0.1) is 0 Å². The number of benzene rings is 1. The number of hydrogen-bond acceptors (Lipinski definition) is 4. The maximum Gasteiger partial charge on any atom is 0.417 e. The van der Waals surface area contributed by atoms with Gasteiger partial charge < -0.3 is 14.6 Å². The third-order valence-corrected chi connectivity index (χ3v) is 3.75. The van der Waals surface area contributed by atoms with Gasteiger partial charge in [0.05, 0.1) is 5.52 Å². The number of nitrogens with one attached hydrogen (secondary N) is 2. The zero-order valence-electron chi connectivity index (χ0n) is 11.1. The van der Waals surface area contributed by atoms with E-state index in [4.69, 9.17) is 4.42 Å². The number of fused-ring (bicyclic) bond motifs is 1. The quantitative estimate of drug-likeness (QED) is 0.883. The molecule has 0 aliphatic carbocycles. The normalized spacial score (nSPS) is 19.7. The highest BCUT2D eigenvalue weighted by molar-refractivity contribution is 5.77. The number of rotatable bonds is 3. The molecule has 0 saturated carbocycles. The van der Waals surface area contributed by atoms with Gasteiger partial charge in [-0.05, 0) is 37.6 Å². The number of oxazole rings is 1. The first-order valence-electron chi connectivity index (χ1n) is 6.80. The monoisotopic (exact) mass is 261 g/mol. The largest absolute Gasteiger partial charge is 0.417 e. The molecular weight excluding hydrogens is 242 g/mol. The Balaban J connectivity index is 1.76. The van der Waals surface area contributed by atoms with Crippen molar-refractivity contribution < 1.29 is 4.42 Å². The smallest absolute Gasteiger partial charge is 0.408 e. The average Bonchev–Trinajstić information content (AvgIpc) is 2.78. The third-order valence-electron chi connectivity index (χ3n) is 3.75. The average molecular weight is 261 g/mol. The van der Waals surface area contributed by atoms with Gasteiger partial charge in [-0.1, -0.05) is 6.42 Å². The van der Waals surface area contributed by atoms with Crippen LogP contribution >= 0.6 is 0 Å². The predicted molar refractivity (Wildman–Crippen MR) is 75.7 cm³/mol. The van der Waals surface area contributed by atoms with Crippen LogP contribution in [0.25, 0.3) is 11.1 Å². The Morgan fingerprint density at radius 3 is 3.11 bits per heavy atom. The van der Waals surface area contributed by atoms with E-state index in [-0.39, 0.29) is 0 Å². The highest BCUT2D eigenvalue weighted by atomic mass is 16.4. The third kappa shape index (κ3) is 2.66. The Morgan fingerprint density at radius 2 is 2.32 bits per heavy atom. The van der Waals surface area contributed by atoms with Crippen LogP contribution < -0.4 is 16.0 Å². The van der Waals surface area contributed by atoms with E-state index < -0.39 is 5.76 Å². The molecule has 1 unspecified atom stereocenters. The van der Waals surface area contributed by atoms with Gasteiger partial charge in [0.2, 0.25) is 0 Å². The molecule has 2 aromatic rings. The molecular formula is C14H19N3O2. The minimum Gasteiger partial charge on any atom is -0.408 e. The summed E-state index contributed by atoms with van der Waals surface area (Å²) in [4.78, 5) is 16.0. The van der Waals surface area contributed by atoms with E-state index in [1.807, 2.05) is 18.2 Å². The molecule has 5 heteroatoms. The molecule has 102 valence electrons. The fourth-order valence-corrected chi connectivity index (χ4v) is 2.69. The first-order valence-corrected chi connectivity index (χ1v) is 6.80. The molecule has 0 bridgehead atoms. The summed E-state index contributed by atoms with van der Waals surface area (Å²) in [6.45, 7) is 2.10. The lowest BCUT2D eigenvalue weighted by atomic mass is 10.0. The molecule has 2 N–H and O–H groups in total. The lowest BCUT2D eigenvalue weighted by Gasteiger charge is -2.29. The van der Waals surface area contributed by atoms with Gasteiger partial charge in [0.15, 0.2) is 5.58 Å². The standard InChI is InChI=1S/C14H19N3O2/c1-17(9-10-4-2-3-7-15-10)11-5-6-13-12(8-11)16-14(18)19-13/h5-6,8,10,15H,2-4,7,9H2,1H3,(H,16,18). The molecule has 2 heterocycles. The Labute approximate surface area is 111 Å². The second-order valence-electron chi connectivity index (χ2n) is 5.22. The van der Waals surface area contributed by atoms with Crippen molar-refractivity contribution in [3.8, 4) is 0 Å². The van der Waals surface area contributed by atoms with Gasteiger partial charge in [-0.25, -0.2) is 4.79 Å². The fourth-order valence-electron chi connectivity index (χ4n) is 2.69. The summed E-state index contributed by atoms with van der Waals surface area (Å²) in [6.07, 6.45) is 3.82. The maximum absolute atomic E-state index is 11.1. The van der Waals surface area contributed by atoms with E-state index in [0.29, 0.717) is 11.6 Å². The number of piperidine rings is 1. The van der Waals surface area contributed by atoms with Gasteiger partial charge in [0.25, 0.3) is 0 Å². The van der Waals surface area contributed by atoms with Crippen molar-refractivity contribution in [2.45, 2.75) is 25.3 Å². The second-order valence-corrected chi connectivity index (χ2v) is 5.22. The first-order chi connectivity index (χ1) is 9.22. The molecule has 0 spiro atoms. The Morgan fingerprint density at radius 1 is 1.42 bits per heavy atom. The van der Waals surface area contributed by atoms with Crippen molar-refractivity contribution in [3.63, 3.8) is 0 Å². The number of aromatic amines is 1. The molecule has 1 aromatic heterocycles. The van der Waals surface area contributed by atoms with Gasteiger partial charge in [-0.15, -0.1) is 0 Å². The summed E-state index contributed by atoms with van der Waals surface area (Å²) in [5, 5.41) is 3.54. The number of H-pyrrole nitrogens is 1. The molecule has 3 rings (SSSR count). The lowest BCUT2D eigenvalue weighted by Crippen LogP contribution is -2.42. The number of aromatic nitrogens is 1. The van der Waals surface area contributed by atoms with E-state index in [0.717, 1.165) is 24.3 Å². The molecule has 1 aliphatic heterocycles. The molecule has 0 amide bonds. The van der Waals surface area contributed by atoms with Crippen molar-refractivity contribution in [2.75, 3.05) is 25.0 Å². The SMILES string of the molecule is CN(CC1CCCCN1)c1ccc2oc(=O)[nH]c2c1. The number of likely N-dealkylation sites (N-methyl/N-ethyl adjacent to an activating group) is 1.